The van der Waals surface area contributed by atoms with Crippen LogP contribution in [-0.4, -0.2) is 65.3 Å². The largest absolute Gasteiger partial charge is 0.497 e. The normalized spacial score (nSPS) is 15.0. The topological polar surface area (TPSA) is 115 Å². The quantitative estimate of drug-likeness (QED) is 0.304. The van der Waals surface area contributed by atoms with Crippen LogP contribution >= 0.6 is 0 Å². The van der Waals surface area contributed by atoms with Gasteiger partial charge in [0.1, 0.15) is 23.3 Å². The molecule has 0 atom stereocenters. The van der Waals surface area contributed by atoms with Crippen molar-refractivity contribution in [2.24, 2.45) is 5.92 Å². The molecule has 0 radical (unpaired) electrons. The molecule has 0 unspecified atom stereocenters. The fourth-order valence-electron chi connectivity index (χ4n) is 5.10. The van der Waals surface area contributed by atoms with Crippen molar-refractivity contribution in [3.8, 4) is 22.8 Å². The summed E-state index contributed by atoms with van der Waals surface area (Å²) < 4.78 is 26.5. The number of hydrogen-bond donors (Lipinski definition) is 2. The van der Waals surface area contributed by atoms with E-state index < -0.39 is 12.1 Å². The number of likely N-dealkylation sites (tertiary alicyclic amines) is 1. The van der Waals surface area contributed by atoms with Crippen molar-refractivity contribution in [3.05, 3.63) is 69.6 Å². The molecule has 3 heterocycles. The van der Waals surface area contributed by atoms with Gasteiger partial charge in [-0.3, -0.25) is 14.4 Å². The maximum atomic E-state index is 13.6. The summed E-state index contributed by atoms with van der Waals surface area (Å²) in [5.74, 6) is 0.412. The number of ether oxygens (including phenoxy) is 2. The average molecular weight is 606 g/mol. The number of methoxy groups -OCH3 is 1. The van der Waals surface area contributed by atoms with Crippen LogP contribution < -0.4 is 25.7 Å². The van der Waals surface area contributed by atoms with Crippen LogP contribution in [0.5, 0.6) is 11.6 Å². The molecule has 1 aliphatic heterocycles. The van der Waals surface area contributed by atoms with Gasteiger partial charge >= 0.3 is 0 Å². The Balaban J connectivity index is 1.50. The van der Waals surface area contributed by atoms with E-state index in [1.807, 2.05) is 20.0 Å². The van der Waals surface area contributed by atoms with Crippen LogP contribution in [0.15, 0.2) is 47.4 Å². The number of nitrogens with zero attached hydrogens (tertiary/aromatic N) is 3. The molecule has 234 valence electrons. The monoisotopic (exact) mass is 605 g/mol. The minimum absolute atomic E-state index is 0.0261. The zero-order valence-electron chi connectivity index (χ0n) is 25.9. The summed E-state index contributed by atoms with van der Waals surface area (Å²) in [5, 5.41) is 6.18. The second kappa shape index (κ2) is 13.2. The van der Waals surface area contributed by atoms with Gasteiger partial charge in [-0.25, -0.2) is 4.39 Å². The zero-order chi connectivity index (χ0) is 31.5. The van der Waals surface area contributed by atoms with Crippen molar-refractivity contribution < 1.29 is 23.5 Å². The summed E-state index contributed by atoms with van der Waals surface area (Å²) in [6.45, 7) is 9.33. The number of hydrogen-bond acceptors (Lipinski definition) is 7. The number of carbonyl (C=O) groups is 2. The lowest BCUT2D eigenvalue weighted by molar-refractivity contribution is 0.0400. The fraction of sp³-hybridized carbons (Fsp3) is 0.455. The minimum Gasteiger partial charge on any atom is -0.497 e. The Labute approximate surface area is 256 Å². The molecule has 3 aromatic rings. The Morgan fingerprint density at radius 1 is 1.07 bits per heavy atom. The molecule has 2 fully saturated rings. The summed E-state index contributed by atoms with van der Waals surface area (Å²) in [6, 6.07) is 10.1. The van der Waals surface area contributed by atoms with Crippen LogP contribution in [0.3, 0.4) is 0 Å². The number of anilines is 1. The van der Waals surface area contributed by atoms with E-state index in [9.17, 15) is 18.8 Å². The maximum absolute atomic E-state index is 13.6. The van der Waals surface area contributed by atoms with Crippen LogP contribution in [-0.2, 0) is 6.54 Å². The first-order chi connectivity index (χ1) is 21.0. The van der Waals surface area contributed by atoms with E-state index in [-0.39, 0.29) is 54.0 Å². The molecule has 1 aliphatic carbocycles. The molecule has 0 spiro atoms. The van der Waals surface area contributed by atoms with Crippen LogP contribution in [0, 0.1) is 5.92 Å². The Morgan fingerprint density at radius 3 is 2.45 bits per heavy atom. The molecule has 2 N–H and O–H groups in total. The molecule has 1 aromatic carbocycles. The number of benzene rings is 1. The Bertz CT molecular complexity index is 1590. The molecule has 1 saturated heterocycles. The van der Waals surface area contributed by atoms with Crippen molar-refractivity contribution in [1.29, 1.82) is 0 Å². The third-order valence-corrected chi connectivity index (χ3v) is 7.46. The molecule has 0 bridgehead atoms. The molecule has 44 heavy (non-hydrogen) atoms. The lowest BCUT2D eigenvalue weighted by atomic mass is 9.97. The summed E-state index contributed by atoms with van der Waals surface area (Å²) in [6.07, 6.45) is 2.37. The Kier molecular flexibility index (Phi) is 9.33. The van der Waals surface area contributed by atoms with Crippen molar-refractivity contribution in [1.82, 2.24) is 19.8 Å². The molecule has 10 nitrogen and oxygen atoms in total. The second-order valence-electron chi connectivity index (χ2n) is 12.1. The van der Waals surface area contributed by atoms with Crippen LogP contribution in [0.1, 0.15) is 72.9 Å². The van der Waals surface area contributed by atoms with E-state index >= 15 is 0 Å². The predicted molar refractivity (Wildman–Crippen MR) is 166 cm³/mol. The first-order valence-electron chi connectivity index (χ1n) is 15.1. The number of nitrogens with one attached hydrogen (secondary N) is 2. The van der Waals surface area contributed by atoms with Crippen molar-refractivity contribution in [2.45, 2.75) is 65.4 Å². The van der Waals surface area contributed by atoms with Gasteiger partial charge in [-0.15, -0.1) is 0 Å². The van der Waals surface area contributed by atoms with E-state index in [1.54, 1.807) is 41.0 Å². The van der Waals surface area contributed by atoms with Crippen LogP contribution in [0.25, 0.3) is 11.1 Å². The number of amides is 2. The van der Waals surface area contributed by atoms with Gasteiger partial charge in [0, 0.05) is 24.8 Å². The SMILES string of the molecule is COc1ccc(-c2cc(NC(=O)c3cc(CNCC(C)C)cn(C4CC4)c3=O)nc(OC(C)C)c2)c(C(=O)N2CC(F)C2)c1. The fourth-order valence-corrected chi connectivity index (χ4v) is 5.10. The van der Waals surface area contributed by atoms with Gasteiger partial charge in [0.2, 0.25) is 5.88 Å². The summed E-state index contributed by atoms with van der Waals surface area (Å²) >= 11 is 0. The number of halogens is 1. The van der Waals surface area contributed by atoms with Gasteiger partial charge in [0.25, 0.3) is 17.4 Å². The highest BCUT2D eigenvalue weighted by Gasteiger charge is 2.33. The molecule has 5 rings (SSSR count). The minimum atomic E-state index is -1.05. The average Bonchev–Trinajstić information content (AvgIpc) is 3.80. The second-order valence-corrected chi connectivity index (χ2v) is 12.1. The molecule has 1 saturated carbocycles. The highest BCUT2D eigenvalue weighted by molar-refractivity contribution is 6.05. The van der Waals surface area contributed by atoms with Crippen LogP contribution in [0.2, 0.25) is 0 Å². The zero-order valence-corrected chi connectivity index (χ0v) is 25.9. The number of alkyl halides is 1. The van der Waals surface area contributed by atoms with Gasteiger partial charge in [-0.05, 0) is 86.2 Å². The summed E-state index contributed by atoms with van der Waals surface area (Å²) in [7, 11) is 1.51. The lowest BCUT2D eigenvalue weighted by Crippen LogP contribution is -2.51. The van der Waals surface area contributed by atoms with Crippen molar-refractivity contribution >= 4 is 17.6 Å². The third kappa shape index (κ3) is 7.27. The van der Waals surface area contributed by atoms with E-state index in [0.717, 1.165) is 24.9 Å². The van der Waals surface area contributed by atoms with Crippen molar-refractivity contribution in [2.75, 3.05) is 32.1 Å². The Hall–Kier alpha value is -4.25. The Morgan fingerprint density at radius 2 is 1.82 bits per heavy atom. The first-order valence-corrected chi connectivity index (χ1v) is 15.1. The molecule has 2 aromatic heterocycles. The van der Waals surface area contributed by atoms with Gasteiger partial charge in [0.15, 0.2) is 0 Å². The molecular weight excluding hydrogens is 565 g/mol. The van der Waals surface area contributed by atoms with Gasteiger partial charge < -0.3 is 29.6 Å². The smallest absolute Gasteiger partial charge is 0.263 e. The van der Waals surface area contributed by atoms with Gasteiger partial charge in [-0.1, -0.05) is 13.8 Å². The summed E-state index contributed by atoms with van der Waals surface area (Å²) in [5.41, 5.74) is 1.93. The number of aromatic nitrogens is 2. The van der Waals surface area contributed by atoms with E-state index in [2.05, 4.69) is 29.5 Å². The van der Waals surface area contributed by atoms with E-state index in [0.29, 0.717) is 34.9 Å². The maximum Gasteiger partial charge on any atom is 0.263 e. The molecule has 2 aliphatic rings. The third-order valence-electron chi connectivity index (χ3n) is 7.46. The first kappa shape index (κ1) is 31.2. The number of pyridine rings is 2. The molecular formula is C33H40FN5O5. The molecule has 2 amide bonds. The van der Waals surface area contributed by atoms with Gasteiger partial charge in [-0.2, -0.15) is 4.98 Å². The van der Waals surface area contributed by atoms with Crippen molar-refractivity contribution in [3.63, 3.8) is 0 Å². The predicted octanol–water partition coefficient (Wildman–Crippen LogP) is 4.83. The highest BCUT2D eigenvalue weighted by Crippen LogP contribution is 2.35. The van der Waals surface area contributed by atoms with Crippen LogP contribution in [0.4, 0.5) is 10.2 Å². The number of rotatable bonds is 12. The number of carbonyl (C=O) groups excluding carboxylic acids is 2. The highest BCUT2D eigenvalue weighted by atomic mass is 19.1. The van der Waals surface area contributed by atoms with E-state index in [1.165, 1.54) is 12.0 Å². The standard InChI is InChI=1S/C33H40FN5O5/c1-19(2)14-35-15-21-10-28(33(42)39(16-21)24-6-7-24)31(40)37-29-11-22(12-30(36-29)44-20(3)4)26-9-8-25(43-5)13-27(26)32(41)38-17-23(34)18-38/h8-13,16,19-20,23-24,35H,6-7,14-15,17-18H2,1-5H3,(H,36,37,40). The lowest BCUT2D eigenvalue weighted by Gasteiger charge is -2.34. The van der Waals surface area contributed by atoms with E-state index in [4.69, 9.17) is 9.47 Å². The van der Waals surface area contributed by atoms with Gasteiger partial charge in [0.05, 0.1) is 31.9 Å². The molecule has 11 heteroatoms. The summed E-state index contributed by atoms with van der Waals surface area (Å²) in [4.78, 5) is 46.3.